The third kappa shape index (κ3) is 4.42. The zero-order valence-corrected chi connectivity index (χ0v) is 18.5. The summed E-state index contributed by atoms with van der Waals surface area (Å²) in [6.07, 6.45) is 9.24. The highest BCUT2D eigenvalue weighted by molar-refractivity contribution is 6.54. The van der Waals surface area contributed by atoms with Crippen molar-refractivity contribution in [2.24, 2.45) is 4.99 Å². The van der Waals surface area contributed by atoms with E-state index in [9.17, 15) is 5.11 Å². The molecule has 0 spiro atoms. The molecular weight excluding hydrogens is 420 g/mol. The van der Waals surface area contributed by atoms with Crippen LogP contribution in [-0.4, -0.2) is 75.5 Å². The van der Waals surface area contributed by atoms with Gasteiger partial charge in [0, 0.05) is 30.6 Å². The van der Waals surface area contributed by atoms with Gasteiger partial charge in [0.15, 0.2) is 5.69 Å². The van der Waals surface area contributed by atoms with Gasteiger partial charge in [-0.05, 0) is 44.1 Å². The van der Waals surface area contributed by atoms with Crippen molar-refractivity contribution in [2.75, 3.05) is 39.5 Å². The van der Waals surface area contributed by atoms with Crippen LogP contribution in [0.15, 0.2) is 47.7 Å². The predicted octanol–water partition coefficient (Wildman–Crippen LogP) is 3.03. The number of fused-ring (bicyclic) bond motifs is 2. The van der Waals surface area contributed by atoms with Crippen molar-refractivity contribution in [3.8, 4) is 5.88 Å². The van der Waals surface area contributed by atoms with Crippen LogP contribution in [0.4, 0.5) is 5.69 Å². The molecule has 1 aliphatic carbocycles. The summed E-state index contributed by atoms with van der Waals surface area (Å²) >= 11 is 0. The van der Waals surface area contributed by atoms with Crippen LogP contribution in [0, 0.1) is 5.41 Å². The number of aliphatic hydroxyl groups is 1. The van der Waals surface area contributed by atoms with Gasteiger partial charge in [0.2, 0.25) is 0 Å². The number of nitrogens with zero attached hydrogens (tertiary/aromatic N) is 4. The number of nitrogens with one attached hydrogen (secondary N) is 2. The second-order valence-electron chi connectivity index (χ2n) is 8.15. The van der Waals surface area contributed by atoms with Crippen molar-refractivity contribution in [1.29, 1.82) is 5.41 Å². The molecule has 4 heterocycles. The van der Waals surface area contributed by atoms with E-state index >= 15 is 0 Å². The van der Waals surface area contributed by atoms with Crippen LogP contribution < -0.4 is 4.74 Å². The highest BCUT2D eigenvalue weighted by Crippen LogP contribution is 2.34. The first-order valence-corrected chi connectivity index (χ1v) is 11.4. The highest BCUT2D eigenvalue weighted by atomic mass is 16.5. The molecule has 5 rings (SSSR count). The Morgan fingerprint density at radius 3 is 2.85 bits per heavy atom. The quantitative estimate of drug-likeness (QED) is 0.491. The zero-order valence-electron chi connectivity index (χ0n) is 18.5. The van der Waals surface area contributed by atoms with Gasteiger partial charge in [0.05, 0.1) is 29.2 Å². The molecule has 3 aromatic heterocycles. The summed E-state index contributed by atoms with van der Waals surface area (Å²) in [6.45, 7) is 3.69. The van der Waals surface area contributed by atoms with Gasteiger partial charge in [0.25, 0.3) is 5.88 Å². The molecule has 0 radical (unpaired) electrons. The fraction of sp³-hybridized carbons (Fsp3) is 0.375. The number of aromatic nitrogens is 3. The Balaban J connectivity index is 1.46. The lowest BCUT2D eigenvalue weighted by molar-refractivity contribution is 0.169. The number of allylic oxidation sites excluding steroid dienone is 1. The SMILES string of the molecule is N=C1/C(=N/c2c(OCCO)nn3ccccc23)C=C(OCCN2CCCCC2)c2[nH]ccc21. The summed E-state index contributed by atoms with van der Waals surface area (Å²) in [5.41, 5.74) is 3.60. The van der Waals surface area contributed by atoms with Gasteiger partial charge >= 0.3 is 0 Å². The van der Waals surface area contributed by atoms with Crippen molar-refractivity contribution in [2.45, 2.75) is 19.3 Å². The van der Waals surface area contributed by atoms with E-state index in [1.807, 2.05) is 36.7 Å². The van der Waals surface area contributed by atoms with E-state index in [0.717, 1.165) is 36.4 Å². The van der Waals surface area contributed by atoms with Crippen molar-refractivity contribution in [1.82, 2.24) is 19.5 Å². The number of piperidine rings is 1. The van der Waals surface area contributed by atoms with Crippen LogP contribution in [-0.2, 0) is 4.74 Å². The summed E-state index contributed by atoms with van der Waals surface area (Å²) < 4.78 is 13.5. The molecule has 33 heavy (non-hydrogen) atoms. The number of ether oxygens (including phenoxy) is 2. The van der Waals surface area contributed by atoms with E-state index in [4.69, 9.17) is 19.9 Å². The first-order chi connectivity index (χ1) is 16.2. The summed E-state index contributed by atoms with van der Waals surface area (Å²) in [7, 11) is 0. The smallest absolute Gasteiger partial charge is 0.260 e. The standard InChI is InChI=1S/C24H28N6O3/c25-21-17-7-8-26-22(17)20(32-14-12-29-9-3-1-4-10-29)16-18(21)27-23-19-6-2-5-11-30(19)28-24(23)33-15-13-31/h2,5-8,11,16,25-26,31H,1,3-4,9-10,12-15H2/b25-21?,27-18+. The van der Waals surface area contributed by atoms with Gasteiger partial charge in [-0.3, -0.25) is 10.3 Å². The summed E-state index contributed by atoms with van der Waals surface area (Å²) in [5, 5.41) is 22.4. The molecule has 3 aromatic rings. The van der Waals surface area contributed by atoms with Gasteiger partial charge in [0.1, 0.15) is 19.0 Å². The minimum Gasteiger partial charge on any atom is -0.490 e. The van der Waals surface area contributed by atoms with Crippen molar-refractivity contribution < 1.29 is 14.6 Å². The van der Waals surface area contributed by atoms with Crippen molar-refractivity contribution in [3.05, 3.63) is 54.0 Å². The molecule has 0 aromatic carbocycles. The highest BCUT2D eigenvalue weighted by Gasteiger charge is 2.25. The van der Waals surface area contributed by atoms with Crippen LogP contribution in [0.3, 0.4) is 0 Å². The Morgan fingerprint density at radius 2 is 2.00 bits per heavy atom. The maximum absolute atomic E-state index is 9.19. The maximum Gasteiger partial charge on any atom is 0.260 e. The third-order valence-corrected chi connectivity index (χ3v) is 5.95. The lowest BCUT2D eigenvalue weighted by atomic mass is 9.98. The second kappa shape index (κ2) is 9.60. The first kappa shape index (κ1) is 21.4. The van der Waals surface area contributed by atoms with E-state index in [1.54, 1.807) is 10.6 Å². The number of aliphatic imine (C=N–C) groups is 1. The third-order valence-electron chi connectivity index (χ3n) is 5.95. The fourth-order valence-electron chi connectivity index (χ4n) is 4.29. The van der Waals surface area contributed by atoms with Crippen LogP contribution in [0.5, 0.6) is 5.88 Å². The van der Waals surface area contributed by atoms with Gasteiger partial charge in [-0.25, -0.2) is 9.51 Å². The van der Waals surface area contributed by atoms with Crippen LogP contribution in [0.1, 0.15) is 30.5 Å². The predicted molar refractivity (Wildman–Crippen MR) is 127 cm³/mol. The second-order valence-corrected chi connectivity index (χ2v) is 8.15. The van der Waals surface area contributed by atoms with E-state index in [0.29, 0.717) is 35.4 Å². The molecule has 172 valence electrons. The molecule has 0 bridgehead atoms. The summed E-state index contributed by atoms with van der Waals surface area (Å²) in [4.78, 5) is 10.4. The molecule has 1 saturated heterocycles. The molecule has 0 amide bonds. The molecule has 0 saturated carbocycles. The number of aromatic amines is 1. The average Bonchev–Trinajstić information content (AvgIpc) is 3.47. The average molecular weight is 449 g/mol. The maximum atomic E-state index is 9.19. The molecule has 9 heteroatoms. The number of likely N-dealkylation sites (tertiary alicyclic amines) is 1. The molecule has 0 atom stereocenters. The lowest BCUT2D eigenvalue weighted by Crippen LogP contribution is -2.32. The van der Waals surface area contributed by atoms with Crippen LogP contribution in [0.2, 0.25) is 0 Å². The topological polar surface area (TPSA) is 111 Å². The fourth-order valence-corrected chi connectivity index (χ4v) is 4.29. The van der Waals surface area contributed by atoms with Crippen molar-refractivity contribution >= 4 is 28.4 Å². The van der Waals surface area contributed by atoms with E-state index in [2.05, 4.69) is 15.0 Å². The van der Waals surface area contributed by atoms with Gasteiger partial charge in [-0.15, -0.1) is 5.10 Å². The molecule has 2 aliphatic rings. The van der Waals surface area contributed by atoms with Gasteiger partial charge < -0.3 is 19.6 Å². The molecule has 1 fully saturated rings. The minimum atomic E-state index is -0.124. The minimum absolute atomic E-state index is 0.113. The largest absolute Gasteiger partial charge is 0.490 e. The molecule has 9 nitrogen and oxygen atoms in total. The Labute approximate surface area is 191 Å². The van der Waals surface area contributed by atoms with E-state index in [-0.39, 0.29) is 13.2 Å². The number of rotatable bonds is 8. The number of aliphatic hydroxyl groups excluding tert-OH is 1. The normalized spacial score (nSPS) is 17.9. The number of H-pyrrole nitrogens is 1. The Kier molecular flexibility index (Phi) is 6.23. The summed E-state index contributed by atoms with van der Waals surface area (Å²) in [5.74, 6) is 0.993. The number of hydrogen-bond acceptors (Lipinski definition) is 7. The van der Waals surface area contributed by atoms with Gasteiger partial charge in [-0.1, -0.05) is 12.5 Å². The van der Waals surface area contributed by atoms with Crippen LogP contribution in [0.25, 0.3) is 11.3 Å². The number of hydrogen-bond donors (Lipinski definition) is 3. The van der Waals surface area contributed by atoms with Crippen LogP contribution >= 0.6 is 0 Å². The number of pyridine rings is 1. The zero-order chi connectivity index (χ0) is 22.6. The molecule has 0 unspecified atom stereocenters. The lowest BCUT2D eigenvalue weighted by Gasteiger charge is -2.26. The Hall–Kier alpha value is -3.43. The molecular formula is C24H28N6O3. The van der Waals surface area contributed by atoms with E-state index in [1.165, 1.54) is 19.3 Å². The molecule has 3 N–H and O–H groups in total. The Bertz CT molecular complexity index is 1200. The summed E-state index contributed by atoms with van der Waals surface area (Å²) in [6, 6.07) is 7.53. The van der Waals surface area contributed by atoms with Gasteiger partial charge in [-0.2, -0.15) is 0 Å². The molecule has 1 aliphatic heterocycles. The first-order valence-electron chi connectivity index (χ1n) is 11.4. The monoisotopic (exact) mass is 448 g/mol. The van der Waals surface area contributed by atoms with E-state index < -0.39 is 0 Å². The van der Waals surface area contributed by atoms with Crippen molar-refractivity contribution in [3.63, 3.8) is 0 Å². The Morgan fingerprint density at radius 1 is 1.12 bits per heavy atom.